The lowest BCUT2D eigenvalue weighted by molar-refractivity contribution is -0.369. The van der Waals surface area contributed by atoms with Crippen molar-refractivity contribution in [2.45, 2.75) is 89.9 Å². The molecule has 3 nitrogen and oxygen atoms in total. The van der Waals surface area contributed by atoms with Gasteiger partial charge >= 0.3 is 0 Å². The van der Waals surface area contributed by atoms with Crippen LogP contribution in [0.3, 0.4) is 0 Å². The van der Waals surface area contributed by atoms with Crippen LogP contribution >= 0.6 is 0 Å². The predicted molar refractivity (Wildman–Crippen MR) is 109 cm³/mol. The third-order valence-electron chi connectivity index (χ3n) is 5.52. The van der Waals surface area contributed by atoms with Crippen molar-refractivity contribution in [1.29, 1.82) is 0 Å². The first kappa shape index (κ1) is 25.0. The first-order valence-corrected chi connectivity index (χ1v) is 10.7. The van der Waals surface area contributed by atoms with Gasteiger partial charge in [0.25, 0.3) is 5.97 Å². The highest BCUT2D eigenvalue weighted by Crippen LogP contribution is 2.30. The van der Waals surface area contributed by atoms with Crippen molar-refractivity contribution in [3.63, 3.8) is 0 Å². The molecule has 0 aromatic heterocycles. The Hall–Kier alpha value is -1.04. The van der Waals surface area contributed by atoms with E-state index in [0.717, 1.165) is 51.0 Å². The van der Waals surface area contributed by atoms with Gasteiger partial charge in [-0.05, 0) is 37.3 Å². The highest BCUT2D eigenvalue weighted by atomic mass is 19.1. The molecule has 0 bridgehead atoms. The normalized spacial score (nSPS) is 13.1. The zero-order valence-electron chi connectivity index (χ0n) is 17.8. The molecule has 0 aliphatic rings. The van der Waals surface area contributed by atoms with Gasteiger partial charge in [-0.3, -0.25) is 0 Å². The smallest absolute Gasteiger partial charge is 0.282 e. The molecule has 1 aromatic rings. The highest BCUT2D eigenvalue weighted by Gasteiger charge is 2.36. The molecule has 0 aliphatic heterocycles. The average molecular weight is 401 g/mol. The minimum atomic E-state index is -1.55. The summed E-state index contributed by atoms with van der Waals surface area (Å²) < 4.78 is 37.1. The van der Waals surface area contributed by atoms with Gasteiger partial charge < -0.3 is 14.6 Å². The Labute approximate surface area is 169 Å². The number of ether oxygens (including phenoxy) is 2. The van der Waals surface area contributed by atoms with E-state index in [1.807, 2.05) is 0 Å². The van der Waals surface area contributed by atoms with Crippen LogP contribution in [-0.2, 0) is 15.9 Å². The van der Waals surface area contributed by atoms with Crippen molar-refractivity contribution in [3.8, 4) is 0 Å². The summed E-state index contributed by atoms with van der Waals surface area (Å²) >= 11 is 0. The van der Waals surface area contributed by atoms with Gasteiger partial charge in [-0.2, -0.15) is 0 Å². The number of aliphatic hydroxyl groups is 1. The van der Waals surface area contributed by atoms with Crippen molar-refractivity contribution in [3.05, 3.63) is 35.4 Å². The molecule has 1 rings (SSSR count). The van der Waals surface area contributed by atoms with Crippen molar-refractivity contribution in [2.75, 3.05) is 14.2 Å². The van der Waals surface area contributed by atoms with E-state index < -0.39 is 17.6 Å². The quantitative estimate of drug-likeness (QED) is 0.259. The SMILES string of the molecule is CCCCCCCCC(CCCCCc1ccc(F)cc1F)C(O)(OC)OC. The molecule has 0 saturated carbocycles. The number of hydrogen-bond acceptors (Lipinski definition) is 3. The summed E-state index contributed by atoms with van der Waals surface area (Å²) in [6.45, 7) is 2.21. The number of rotatable bonds is 16. The van der Waals surface area contributed by atoms with Gasteiger partial charge in [0.05, 0.1) is 0 Å². The molecule has 1 N–H and O–H groups in total. The first-order valence-electron chi connectivity index (χ1n) is 10.7. The van der Waals surface area contributed by atoms with Gasteiger partial charge in [0.1, 0.15) is 11.6 Å². The van der Waals surface area contributed by atoms with Crippen molar-refractivity contribution >= 4 is 0 Å². The fourth-order valence-electron chi connectivity index (χ4n) is 3.70. The van der Waals surface area contributed by atoms with Gasteiger partial charge in [-0.15, -0.1) is 0 Å². The predicted octanol–water partition coefficient (Wildman–Crippen LogP) is 6.37. The van der Waals surface area contributed by atoms with Gasteiger partial charge in [0.15, 0.2) is 0 Å². The Morgan fingerprint density at radius 3 is 2.04 bits per heavy atom. The number of aryl methyl sites for hydroxylation is 1. The maximum Gasteiger partial charge on any atom is 0.282 e. The minimum absolute atomic E-state index is 0.0868. The largest absolute Gasteiger partial charge is 0.343 e. The van der Waals surface area contributed by atoms with E-state index in [9.17, 15) is 13.9 Å². The molecule has 0 saturated heterocycles. The molecule has 1 atom stereocenters. The van der Waals surface area contributed by atoms with E-state index in [1.165, 1.54) is 52.0 Å². The molecule has 1 aromatic carbocycles. The van der Waals surface area contributed by atoms with Gasteiger partial charge in [0.2, 0.25) is 0 Å². The molecule has 0 spiro atoms. The van der Waals surface area contributed by atoms with Crippen LogP contribution in [0.15, 0.2) is 18.2 Å². The molecule has 0 radical (unpaired) electrons. The second-order valence-corrected chi connectivity index (χ2v) is 7.63. The maximum atomic E-state index is 13.7. The van der Waals surface area contributed by atoms with Crippen LogP contribution < -0.4 is 0 Å². The average Bonchev–Trinajstić information content (AvgIpc) is 2.69. The van der Waals surface area contributed by atoms with Crippen LogP contribution in [-0.4, -0.2) is 25.3 Å². The fourth-order valence-corrected chi connectivity index (χ4v) is 3.70. The van der Waals surface area contributed by atoms with E-state index in [1.54, 1.807) is 0 Å². The summed E-state index contributed by atoms with van der Waals surface area (Å²) in [4.78, 5) is 0. The molecule has 0 fully saturated rings. The van der Waals surface area contributed by atoms with E-state index in [-0.39, 0.29) is 5.92 Å². The van der Waals surface area contributed by atoms with Gasteiger partial charge in [0, 0.05) is 26.2 Å². The standard InChI is InChI=1S/C23H38F2O3/c1-4-5-6-7-8-11-14-20(23(26,27-2)28-3)15-12-9-10-13-19-16-17-21(24)18-22(19)25/h16-18,20,26H,4-15H2,1-3H3. The number of hydrogen-bond donors (Lipinski definition) is 1. The minimum Gasteiger partial charge on any atom is -0.343 e. The van der Waals surface area contributed by atoms with Crippen molar-refractivity contribution < 1.29 is 23.4 Å². The number of unbranched alkanes of at least 4 members (excludes halogenated alkanes) is 7. The zero-order chi connectivity index (χ0) is 20.8. The summed E-state index contributed by atoms with van der Waals surface area (Å²) in [5.41, 5.74) is 0.551. The van der Waals surface area contributed by atoms with Crippen LogP contribution in [0.5, 0.6) is 0 Å². The Kier molecular flexibility index (Phi) is 12.5. The van der Waals surface area contributed by atoms with Crippen LogP contribution in [0.25, 0.3) is 0 Å². The van der Waals surface area contributed by atoms with Crippen LogP contribution in [0.1, 0.15) is 83.1 Å². The first-order chi connectivity index (χ1) is 13.5. The van der Waals surface area contributed by atoms with E-state index in [2.05, 4.69) is 6.92 Å². The maximum absolute atomic E-state index is 13.7. The van der Waals surface area contributed by atoms with Crippen molar-refractivity contribution in [2.24, 2.45) is 5.92 Å². The molecule has 5 heteroatoms. The second kappa shape index (κ2) is 14.0. The second-order valence-electron chi connectivity index (χ2n) is 7.63. The number of halogens is 2. The zero-order valence-corrected chi connectivity index (χ0v) is 17.8. The summed E-state index contributed by atoms with van der Waals surface area (Å²) in [5, 5.41) is 10.6. The molecule has 0 amide bonds. The summed E-state index contributed by atoms with van der Waals surface area (Å²) in [5.74, 6) is -2.66. The van der Waals surface area contributed by atoms with Gasteiger partial charge in [-0.25, -0.2) is 8.78 Å². The Balaban J connectivity index is 2.39. The lowest BCUT2D eigenvalue weighted by Crippen LogP contribution is -2.42. The summed E-state index contributed by atoms with van der Waals surface area (Å²) in [6.07, 6.45) is 12.1. The molecule has 0 aliphatic carbocycles. The lowest BCUT2D eigenvalue weighted by atomic mass is 9.91. The Bertz CT molecular complexity index is 533. The molecule has 162 valence electrons. The highest BCUT2D eigenvalue weighted by molar-refractivity contribution is 5.18. The van der Waals surface area contributed by atoms with E-state index in [4.69, 9.17) is 9.47 Å². The monoisotopic (exact) mass is 400 g/mol. The summed E-state index contributed by atoms with van der Waals surface area (Å²) in [6, 6.07) is 3.75. The molecule has 0 heterocycles. The van der Waals surface area contributed by atoms with E-state index >= 15 is 0 Å². The Morgan fingerprint density at radius 1 is 0.893 bits per heavy atom. The third-order valence-corrected chi connectivity index (χ3v) is 5.52. The summed E-state index contributed by atoms with van der Waals surface area (Å²) in [7, 11) is 2.93. The lowest BCUT2D eigenvalue weighted by Gasteiger charge is -2.33. The number of benzene rings is 1. The van der Waals surface area contributed by atoms with Gasteiger partial charge in [-0.1, -0.05) is 64.4 Å². The molecule has 1 unspecified atom stereocenters. The third kappa shape index (κ3) is 8.97. The molecule has 28 heavy (non-hydrogen) atoms. The molecular weight excluding hydrogens is 362 g/mol. The topological polar surface area (TPSA) is 38.7 Å². The Morgan fingerprint density at radius 2 is 1.46 bits per heavy atom. The van der Waals surface area contributed by atoms with Crippen LogP contribution in [0, 0.1) is 17.6 Å². The molecular formula is C23H38F2O3. The van der Waals surface area contributed by atoms with Crippen LogP contribution in [0.4, 0.5) is 8.78 Å². The number of methoxy groups -OCH3 is 2. The van der Waals surface area contributed by atoms with Crippen molar-refractivity contribution in [1.82, 2.24) is 0 Å². The fraction of sp³-hybridized carbons (Fsp3) is 0.739. The van der Waals surface area contributed by atoms with E-state index in [0.29, 0.717) is 12.0 Å². The van der Waals surface area contributed by atoms with Crippen LogP contribution in [0.2, 0.25) is 0 Å².